The number of urea groups is 1. The number of carboxylic acid groups (broad SMARTS) is 1. The molecule has 0 fully saturated rings. The zero-order valence-electron chi connectivity index (χ0n) is 10.4. The van der Waals surface area contributed by atoms with Crippen molar-refractivity contribution in [2.24, 2.45) is 5.92 Å². The molecule has 94 valence electrons. The molecule has 0 radical (unpaired) electrons. The Morgan fingerprint density at radius 2 is 1.69 bits per heavy atom. The third-order valence-corrected chi connectivity index (χ3v) is 2.53. The van der Waals surface area contributed by atoms with Crippen LogP contribution >= 0.6 is 0 Å². The van der Waals surface area contributed by atoms with Crippen LogP contribution in [-0.2, 0) is 4.79 Å². The molecule has 5 heteroatoms. The predicted octanol–water partition coefficient (Wildman–Crippen LogP) is 1.58. The molecule has 2 amide bonds. The van der Waals surface area contributed by atoms with Gasteiger partial charge >= 0.3 is 12.0 Å². The number of rotatable bonds is 6. The van der Waals surface area contributed by atoms with Gasteiger partial charge in [-0.3, -0.25) is 4.79 Å². The van der Waals surface area contributed by atoms with E-state index in [0.717, 1.165) is 0 Å². The summed E-state index contributed by atoms with van der Waals surface area (Å²) >= 11 is 0. The number of nitrogens with one attached hydrogen (secondary N) is 2. The molecule has 0 aromatic heterocycles. The van der Waals surface area contributed by atoms with Gasteiger partial charge in [0.2, 0.25) is 0 Å². The van der Waals surface area contributed by atoms with Crippen LogP contribution in [-0.4, -0.2) is 29.2 Å². The van der Waals surface area contributed by atoms with E-state index in [-0.39, 0.29) is 24.5 Å². The van der Waals surface area contributed by atoms with E-state index in [2.05, 4.69) is 10.6 Å². The Morgan fingerprint density at radius 3 is 2.12 bits per heavy atom. The second-order valence-electron chi connectivity index (χ2n) is 4.48. The number of hydrogen-bond acceptors (Lipinski definition) is 2. The molecule has 0 rings (SSSR count). The Kier molecular flexibility index (Phi) is 6.53. The van der Waals surface area contributed by atoms with Gasteiger partial charge < -0.3 is 15.7 Å². The van der Waals surface area contributed by atoms with Crippen molar-refractivity contribution in [3.8, 4) is 0 Å². The third-order valence-electron chi connectivity index (χ3n) is 2.53. The largest absolute Gasteiger partial charge is 0.481 e. The Labute approximate surface area is 96.6 Å². The zero-order chi connectivity index (χ0) is 12.7. The first-order valence-corrected chi connectivity index (χ1v) is 5.61. The molecule has 0 spiro atoms. The predicted molar refractivity (Wildman–Crippen MR) is 62.3 cm³/mol. The molecule has 0 bridgehead atoms. The van der Waals surface area contributed by atoms with Crippen molar-refractivity contribution in [3.05, 3.63) is 0 Å². The van der Waals surface area contributed by atoms with E-state index in [9.17, 15) is 9.59 Å². The van der Waals surface area contributed by atoms with Gasteiger partial charge in [0.25, 0.3) is 0 Å². The second kappa shape index (κ2) is 7.09. The summed E-state index contributed by atoms with van der Waals surface area (Å²) in [6.45, 7) is 7.78. The second-order valence-corrected chi connectivity index (χ2v) is 4.48. The van der Waals surface area contributed by atoms with Crippen LogP contribution in [0.4, 0.5) is 4.79 Å². The average Bonchev–Trinajstić information content (AvgIpc) is 2.14. The minimum Gasteiger partial charge on any atom is -0.481 e. The molecule has 2 atom stereocenters. The topological polar surface area (TPSA) is 78.4 Å². The number of carbonyl (C=O) groups is 2. The molecule has 0 aliphatic carbocycles. The number of aliphatic carboxylic acids is 1. The normalized spacial score (nSPS) is 14.3. The molecule has 0 aromatic rings. The molecule has 2 unspecified atom stereocenters. The number of carbonyl (C=O) groups excluding carboxylic acids is 1. The summed E-state index contributed by atoms with van der Waals surface area (Å²) in [6, 6.07) is -0.263. The molecule has 0 saturated heterocycles. The summed E-state index contributed by atoms with van der Waals surface area (Å²) in [5, 5.41) is 14.0. The van der Waals surface area contributed by atoms with Gasteiger partial charge in [-0.2, -0.15) is 0 Å². The van der Waals surface area contributed by atoms with Gasteiger partial charge in [0, 0.05) is 18.5 Å². The molecule has 5 nitrogen and oxygen atoms in total. The Morgan fingerprint density at radius 1 is 1.12 bits per heavy atom. The van der Waals surface area contributed by atoms with Crippen LogP contribution in [0.1, 0.15) is 40.5 Å². The van der Waals surface area contributed by atoms with Crippen LogP contribution < -0.4 is 10.6 Å². The van der Waals surface area contributed by atoms with Crippen LogP contribution in [0.25, 0.3) is 0 Å². The number of amides is 2. The van der Waals surface area contributed by atoms with Gasteiger partial charge in [0.15, 0.2) is 0 Å². The fraction of sp³-hybridized carbons (Fsp3) is 0.818. The number of carboxylic acids is 1. The highest BCUT2D eigenvalue weighted by molar-refractivity contribution is 5.74. The summed E-state index contributed by atoms with van der Waals surface area (Å²) < 4.78 is 0. The molecular weight excluding hydrogens is 208 g/mol. The van der Waals surface area contributed by atoms with Gasteiger partial charge in [0.05, 0.1) is 0 Å². The van der Waals surface area contributed by atoms with Crippen LogP contribution in [0, 0.1) is 5.92 Å². The van der Waals surface area contributed by atoms with Crippen molar-refractivity contribution < 1.29 is 14.7 Å². The van der Waals surface area contributed by atoms with Gasteiger partial charge in [-0.1, -0.05) is 13.8 Å². The quantitative estimate of drug-likeness (QED) is 0.648. The van der Waals surface area contributed by atoms with Crippen molar-refractivity contribution in [1.29, 1.82) is 0 Å². The first-order chi connectivity index (χ1) is 7.32. The maximum atomic E-state index is 11.4. The van der Waals surface area contributed by atoms with E-state index in [0.29, 0.717) is 12.3 Å². The van der Waals surface area contributed by atoms with Crippen molar-refractivity contribution in [3.63, 3.8) is 0 Å². The lowest BCUT2D eigenvalue weighted by molar-refractivity contribution is -0.137. The highest BCUT2D eigenvalue weighted by Crippen LogP contribution is 2.00. The summed E-state index contributed by atoms with van der Waals surface area (Å²) in [5.74, 6) is -0.468. The maximum absolute atomic E-state index is 11.4. The first-order valence-electron chi connectivity index (χ1n) is 5.61. The van der Waals surface area contributed by atoms with Crippen molar-refractivity contribution in [2.75, 3.05) is 0 Å². The van der Waals surface area contributed by atoms with Crippen molar-refractivity contribution in [1.82, 2.24) is 10.6 Å². The average molecular weight is 230 g/mol. The van der Waals surface area contributed by atoms with E-state index in [4.69, 9.17) is 5.11 Å². The van der Waals surface area contributed by atoms with E-state index in [1.807, 2.05) is 20.8 Å². The van der Waals surface area contributed by atoms with Crippen LogP contribution in [0.2, 0.25) is 0 Å². The molecule has 0 aliphatic heterocycles. The first kappa shape index (κ1) is 14.7. The molecule has 0 aliphatic rings. The van der Waals surface area contributed by atoms with E-state index in [1.54, 1.807) is 6.92 Å². The fourth-order valence-electron chi connectivity index (χ4n) is 1.05. The lowest BCUT2D eigenvalue weighted by atomic mass is 10.1. The van der Waals surface area contributed by atoms with Crippen LogP contribution in [0.5, 0.6) is 0 Å². The summed E-state index contributed by atoms with van der Waals surface area (Å²) in [4.78, 5) is 21.8. The SMILES string of the molecule is CC(CCC(=O)O)NC(=O)NC(C)C(C)C. The van der Waals surface area contributed by atoms with E-state index >= 15 is 0 Å². The molecule has 0 heterocycles. The summed E-state index contributed by atoms with van der Waals surface area (Å²) in [7, 11) is 0. The number of hydrogen-bond donors (Lipinski definition) is 3. The third kappa shape index (κ3) is 7.09. The fourth-order valence-corrected chi connectivity index (χ4v) is 1.05. The zero-order valence-corrected chi connectivity index (χ0v) is 10.4. The van der Waals surface area contributed by atoms with Gasteiger partial charge in [-0.25, -0.2) is 4.79 Å². The summed E-state index contributed by atoms with van der Waals surface area (Å²) in [6.07, 6.45) is 0.514. The molecular formula is C11H22N2O3. The highest BCUT2D eigenvalue weighted by Gasteiger charge is 2.13. The minimum atomic E-state index is -0.843. The Balaban J connectivity index is 3.82. The maximum Gasteiger partial charge on any atom is 0.315 e. The smallest absolute Gasteiger partial charge is 0.315 e. The van der Waals surface area contributed by atoms with E-state index < -0.39 is 5.97 Å². The standard InChI is InChI=1S/C11H22N2O3/c1-7(2)9(4)13-11(16)12-8(3)5-6-10(14)15/h7-9H,5-6H2,1-4H3,(H,14,15)(H2,12,13,16). The van der Waals surface area contributed by atoms with Crippen molar-refractivity contribution in [2.45, 2.75) is 52.6 Å². The van der Waals surface area contributed by atoms with Crippen LogP contribution in [0.15, 0.2) is 0 Å². The minimum absolute atomic E-state index is 0.0706. The highest BCUT2D eigenvalue weighted by atomic mass is 16.4. The lowest BCUT2D eigenvalue weighted by Gasteiger charge is -2.20. The Bertz CT molecular complexity index is 241. The lowest BCUT2D eigenvalue weighted by Crippen LogP contribution is -2.46. The molecule has 16 heavy (non-hydrogen) atoms. The molecule has 0 aromatic carbocycles. The van der Waals surface area contributed by atoms with Crippen molar-refractivity contribution >= 4 is 12.0 Å². The molecule has 3 N–H and O–H groups in total. The Hall–Kier alpha value is -1.26. The van der Waals surface area contributed by atoms with Gasteiger partial charge in [-0.05, 0) is 26.2 Å². The van der Waals surface area contributed by atoms with Gasteiger partial charge in [0.1, 0.15) is 0 Å². The molecule has 0 saturated carbocycles. The van der Waals surface area contributed by atoms with Crippen LogP contribution in [0.3, 0.4) is 0 Å². The van der Waals surface area contributed by atoms with Gasteiger partial charge in [-0.15, -0.1) is 0 Å². The summed E-state index contributed by atoms with van der Waals surface area (Å²) in [5.41, 5.74) is 0. The monoisotopic (exact) mass is 230 g/mol. The van der Waals surface area contributed by atoms with E-state index in [1.165, 1.54) is 0 Å².